The van der Waals surface area contributed by atoms with Gasteiger partial charge in [-0.25, -0.2) is 4.79 Å². The quantitative estimate of drug-likeness (QED) is 0.762. The van der Waals surface area contributed by atoms with Crippen LogP contribution < -0.4 is 5.32 Å². The second-order valence-electron chi connectivity index (χ2n) is 3.41. The zero-order valence-electron chi connectivity index (χ0n) is 9.15. The van der Waals surface area contributed by atoms with Crippen molar-refractivity contribution in [1.29, 1.82) is 0 Å². The molecule has 84 valence electrons. The lowest BCUT2D eigenvalue weighted by Gasteiger charge is -2.08. The molecule has 1 aromatic rings. The number of carboxylic acid groups (broad SMARTS) is 1. The van der Waals surface area contributed by atoms with Crippen molar-refractivity contribution < 1.29 is 14.7 Å². The van der Waals surface area contributed by atoms with Crippen LogP contribution in [0.3, 0.4) is 0 Å². The Balaban J connectivity index is 2.97. The molecular formula is C12H13NO3. The van der Waals surface area contributed by atoms with Crippen molar-refractivity contribution >= 4 is 17.4 Å². The molecule has 0 bridgehead atoms. The number of hydrogen-bond donors (Lipinski definition) is 2. The summed E-state index contributed by atoms with van der Waals surface area (Å²) in [6.07, 6.45) is 1.42. The Bertz CT molecular complexity index is 449. The summed E-state index contributed by atoms with van der Waals surface area (Å²) in [6.45, 7) is 3.15. The van der Waals surface area contributed by atoms with Crippen LogP contribution in [0.5, 0.6) is 0 Å². The SMILES string of the molecule is CC(=O)/C=C(\C)Nc1ccccc1C(=O)O. The van der Waals surface area contributed by atoms with E-state index in [0.29, 0.717) is 11.4 Å². The monoisotopic (exact) mass is 219 g/mol. The van der Waals surface area contributed by atoms with Crippen LogP contribution in [0.1, 0.15) is 24.2 Å². The van der Waals surface area contributed by atoms with E-state index in [1.54, 1.807) is 25.1 Å². The maximum Gasteiger partial charge on any atom is 0.337 e. The minimum Gasteiger partial charge on any atom is -0.478 e. The van der Waals surface area contributed by atoms with Gasteiger partial charge in [-0.05, 0) is 32.1 Å². The Morgan fingerprint density at radius 2 is 1.88 bits per heavy atom. The summed E-state index contributed by atoms with van der Waals surface area (Å²) in [5.74, 6) is -1.09. The Kier molecular flexibility index (Phi) is 3.83. The molecule has 0 atom stereocenters. The van der Waals surface area contributed by atoms with Gasteiger partial charge in [-0.1, -0.05) is 12.1 Å². The van der Waals surface area contributed by atoms with Gasteiger partial charge >= 0.3 is 5.97 Å². The standard InChI is InChI=1S/C12H13NO3/c1-8(7-9(2)14)13-11-6-4-3-5-10(11)12(15)16/h3-7,13H,1-2H3,(H,15,16)/b8-7+. The summed E-state index contributed by atoms with van der Waals surface area (Å²) in [6, 6.07) is 6.54. The predicted octanol–water partition coefficient (Wildman–Crippen LogP) is 2.29. The molecule has 0 heterocycles. The lowest BCUT2D eigenvalue weighted by Crippen LogP contribution is -2.05. The van der Waals surface area contributed by atoms with E-state index in [9.17, 15) is 9.59 Å². The third-order valence-corrected chi connectivity index (χ3v) is 1.91. The van der Waals surface area contributed by atoms with Crippen LogP contribution in [-0.2, 0) is 4.79 Å². The number of aromatic carboxylic acids is 1. The van der Waals surface area contributed by atoms with Crippen LogP contribution in [-0.4, -0.2) is 16.9 Å². The van der Waals surface area contributed by atoms with Crippen molar-refractivity contribution in [2.24, 2.45) is 0 Å². The van der Waals surface area contributed by atoms with E-state index in [1.807, 2.05) is 0 Å². The molecule has 0 aliphatic heterocycles. The molecule has 2 N–H and O–H groups in total. The number of nitrogens with one attached hydrogen (secondary N) is 1. The number of para-hydroxylation sites is 1. The highest BCUT2D eigenvalue weighted by molar-refractivity contribution is 5.95. The normalized spacial score (nSPS) is 11.0. The number of allylic oxidation sites excluding steroid dienone is 2. The van der Waals surface area contributed by atoms with Gasteiger partial charge in [0.25, 0.3) is 0 Å². The highest BCUT2D eigenvalue weighted by atomic mass is 16.4. The molecular weight excluding hydrogens is 206 g/mol. The number of carbonyl (C=O) groups is 2. The third-order valence-electron chi connectivity index (χ3n) is 1.91. The maximum atomic E-state index is 10.9. The van der Waals surface area contributed by atoms with Gasteiger partial charge in [-0.2, -0.15) is 0 Å². The predicted molar refractivity (Wildman–Crippen MR) is 61.5 cm³/mol. The van der Waals surface area contributed by atoms with Gasteiger partial charge in [0.1, 0.15) is 0 Å². The number of benzene rings is 1. The molecule has 0 fully saturated rings. The molecule has 0 saturated carbocycles. The smallest absolute Gasteiger partial charge is 0.337 e. The number of ketones is 1. The van der Waals surface area contributed by atoms with Crippen molar-refractivity contribution in [2.45, 2.75) is 13.8 Å². The molecule has 0 saturated heterocycles. The number of hydrogen-bond acceptors (Lipinski definition) is 3. The lowest BCUT2D eigenvalue weighted by atomic mass is 10.1. The van der Waals surface area contributed by atoms with Crippen LogP contribution in [0, 0.1) is 0 Å². The highest BCUT2D eigenvalue weighted by Gasteiger charge is 2.08. The minimum atomic E-state index is -1.00. The van der Waals surface area contributed by atoms with Gasteiger partial charge in [-0.3, -0.25) is 4.79 Å². The first-order valence-corrected chi connectivity index (χ1v) is 4.79. The summed E-state index contributed by atoms with van der Waals surface area (Å²) < 4.78 is 0. The summed E-state index contributed by atoms with van der Waals surface area (Å²) >= 11 is 0. The Morgan fingerprint density at radius 1 is 1.25 bits per heavy atom. The van der Waals surface area contributed by atoms with E-state index >= 15 is 0 Å². The maximum absolute atomic E-state index is 10.9. The molecule has 0 spiro atoms. The number of rotatable bonds is 4. The first kappa shape index (κ1) is 12.0. The second kappa shape index (κ2) is 5.11. The van der Waals surface area contributed by atoms with Gasteiger partial charge in [0.2, 0.25) is 0 Å². The summed E-state index contributed by atoms with van der Waals surface area (Å²) in [5.41, 5.74) is 1.27. The first-order chi connectivity index (χ1) is 7.50. The third kappa shape index (κ3) is 3.24. The Labute approximate surface area is 93.6 Å². The summed E-state index contributed by atoms with van der Waals surface area (Å²) in [4.78, 5) is 21.7. The zero-order valence-corrected chi connectivity index (χ0v) is 9.15. The van der Waals surface area contributed by atoms with Crippen molar-refractivity contribution in [1.82, 2.24) is 0 Å². The molecule has 0 aliphatic rings. The molecule has 1 aromatic carbocycles. The number of carboxylic acids is 1. The molecule has 0 aromatic heterocycles. The van der Waals surface area contributed by atoms with Crippen LogP contribution in [0.15, 0.2) is 36.0 Å². The van der Waals surface area contributed by atoms with E-state index in [4.69, 9.17) is 5.11 Å². The van der Waals surface area contributed by atoms with E-state index < -0.39 is 5.97 Å². The molecule has 0 radical (unpaired) electrons. The van der Waals surface area contributed by atoms with Gasteiger partial charge in [-0.15, -0.1) is 0 Å². The lowest BCUT2D eigenvalue weighted by molar-refractivity contribution is -0.112. The van der Waals surface area contributed by atoms with Crippen molar-refractivity contribution in [3.63, 3.8) is 0 Å². The second-order valence-corrected chi connectivity index (χ2v) is 3.41. The molecule has 0 amide bonds. The largest absolute Gasteiger partial charge is 0.478 e. The molecule has 0 aliphatic carbocycles. The first-order valence-electron chi connectivity index (χ1n) is 4.79. The molecule has 1 rings (SSSR count). The highest BCUT2D eigenvalue weighted by Crippen LogP contribution is 2.16. The average Bonchev–Trinajstić information content (AvgIpc) is 2.16. The van der Waals surface area contributed by atoms with Gasteiger partial charge in [0.05, 0.1) is 11.3 Å². The minimum absolute atomic E-state index is 0.0854. The molecule has 4 heteroatoms. The summed E-state index contributed by atoms with van der Waals surface area (Å²) in [5, 5.41) is 11.8. The fourth-order valence-corrected chi connectivity index (χ4v) is 1.33. The van der Waals surface area contributed by atoms with E-state index in [1.165, 1.54) is 19.1 Å². The van der Waals surface area contributed by atoms with Gasteiger partial charge in [0.15, 0.2) is 5.78 Å². The van der Waals surface area contributed by atoms with Crippen LogP contribution in [0.2, 0.25) is 0 Å². The Morgan fingerprint density at radius 3 is 2.44 bits per heavy atom. The number of carbonyl (C=O) groups excluding carboxylic acids is 1. The van der Waals surface area contributed by atoms with Gasteiger partial charge in [0, 0.05) is 5.70 Å². The Hall–Kier alpha value is -2.10. The fraction of sp³-hybridized carbons (Fsp3) is 0.167. The topological polar surface area (TPSA) is 66.4 Å². The van der Waals surface area contributed by atoms with E-state index in [-0.39, 0.29) is 11.3 Å². The van der Waals surface area contributed by atoms with Crippen LogP contribution in [0.4, 0.5) is 5.69 Å². The van der Waals surface area contributed by atoms with Crippen LogP contribution in [0.25, 0.3) is 0 Å². The van der Waals surface area contributed by atoms with Gasteiger partial charge < -0.3 is 10.4 Å². The van der Waals surface area contributed by atoms with E-state index in [0.717, 1.165) is 0 Å². The van der Waals surface area contributed by atoms with E-state index in [2.05, 4.69) is 5.32 Å². The number of anilines is 1. The molecule has 4 nitrogen and oxygen atoms in total. The fourth-order valence-electron chi connectivity index (χ4n) is 1.33. The zero-order chi connectivity index (χ0) is 12.1. The molecule has 0 unspecified atom stereocenters. The van der Waals surface area contributed by atoms with Crippen LogP contribution >= 0.6 is 0 Å². The van der Waals surface area contributed by atoms with Crippen molar-refractivity contribution in [2.75, 3.05) is 5.32 Å². The average molecular weight is 219 g/mol. The molecule has 16 heavy (non-hydrogen) atoms. The van der Waals surface area contributed by atoms with Crippen molar-refractivity contribution in [3.8, 4) is 0 Å². The van der Waals surface area contributed by atoms with Crippen molar-refractivity contribution in [3.05, 3.63) is 41.6 Å². The summed E-state index contributed by atoms with van der Waals surface area (Å²) in [7, 11) is 0.